The van der Waals surface area contributed by atoms with Gasteiger partial charge >= 0.3 is 6.36 Å². The molecule has 0 atom stereocenters. The molecule has 0 unspecified atom stereocenters. The topological polar surface area (TPSA) is 108 Å². The third kappa shape index (κ3) is 5.56. The zero-order valence-corrected chi connectivity index (χ0v) is 14.5. The van der Waals surface area contributed by atoms with Crippen molar-refractivity contribution in [2.75, 3.05) is 7.11 Å². The number of benzene rings is 2. The van der Waals surface area contributed by atoms with Gasteiger partial charge in [-0.15, -0.1) is 13.2 Å². The van der Waals surface area contributed by atoms with E-state index in [-0.39, 0.29) is 22.9 Å². The first-order valence-electron chi connectivity index (χ1n) is 7.18. The molecule has 0 saturated heterocycles. The van der Waals surface area contributed by atoms with Crippen LogP contribution in [0.1, 0.15) is 5.56 Å². The van der Waals surface area contributed by atoms with Crippen molar-refractivity contribution >= 4 is 15.7 Å². The number of nitro groups is 1. The molecular weight excluding hydrogens is 393 g/mol. The van der Waals surface area contributed by atoms with Crippen molar-refractivity contribution in [2.24, 2.45) is 0 Å². The zero-order chi connectivity index (χ0) is 20.2. The highest BCUT2D eigenvalue weighted by molar-refractivity contribution is 7.89. The minimum atomic E-state index is -4.82. The quantitative estimate of drug-likeness (QED) is 0.560. The summed E-state index contributed by atoms with van der Waals surface area (Å²) in [4.78, 5) is 9.75. The molecule has 0 radical (unpaired) electrons. The Morgan fingerprint density at radius 2 is 1.78 bits per heavy atom. The minimum absolute atomic E-state index is 0.217. The second-order valence-corrected chi connectivity index (χ2v) is 6.84. The lowest BCUT2D eigenvalue weighted by Crippen LogP contribution is -2.23. The van der Waals surface area contributed by atoms with Crippen LogP contribution in [0.2, 0.25) is 0 Å². The van der Waals surface area contributed by atoms with E-state index >= 15 is 0 Å². The van der Waals surface area contributed by atoms with Gasteiger partial charge in [-0.25, -0.2) is 13.1 Å². The number of nitrogens with one attached hydrogen (secondary N) is 1. The van der Waals surface area contributed by atoms with E-state index in [4.69, 9.17) is 4.74 Å². The number of methoxy groups -OCH3 is 1. The summed E-state index contributed by atoms with van der Waals surface area (Å²) in [5, 5.41) is 10.8. The molecule has 0 bridgehead atoms. The smallest absolute Gasteiger partial charge is 0.495 e. The number of rotatable bonds is 7. The molecule has 0 aliphatic rings. The number of ether oxygens (including phenoxy) is 2. The monoisotopic (exact) mass is 406 g/mol. The number of hydrogen-bond donors (Lipinski definition) is 1. The Labute approximate surface area is 151 Å². The van der Waals surface area contributed by atoms with Gasteiger partial charge in [0.2, 0.25) is 10.0 Å². The van der Waals surface area contributed by atoms with Gasteiger partial charge in [0, 0.05) is 12.6 Å². The van der Waals surface area contributed by atoms with Crippen molar-refractivity contribution in [1.82, 2.24) is 4.72 Å². The Bertz CT molecular complexity index is 930. The molecule has 0 aliphatic heterocycles. The van der Waals surface area contributed by atoms with Crippen LogP contribution >= 0.6 is 0 Å². The van der Waals surface area contributed by atoms with E-state index in [2.05, 4.69) is 9.46 Å². The van der Waals surface area contributed by atoms with Crippen molar-refractivity contribution in [3.8, 4) is 11.5 Å². The van der Waals surface area contributed by atoms with E-state index in [1.54, 1.807) is 0 Å². The van der Waals surface area contributed by atoms with Gasteiger partial charge in [0.1, 0.15) is 16.4 Å². The third-order valence-electron chi connectivity index (χ3n) is 3.27. The molecule has 12 heteroatoms. The summed E-state index contributed by atoms with van der Waals surface area (Å²) < 4.78 is 72.0. The van der Waals surface area contributed by atoms with Gasteiger partial charge in [-0.3, -0.25) is 10.1 Å². The van der Waals surface area contributed by atoms with Crippen LogP contribution in [0.5, 0.6) is 11.5 Å². The molecule has 2 rings (SSSR count). The number of halogens is 3. The lowest BCUT2D eigenvalue weighted by molar-refractivity contribution is -0.385. The largest absolute Gasteiger partial charge is 0.573 e. The number of non-ortho nitro benzene ring substituents is 1. The summed E-state index contributed by atoms with van der Waals surface area (Å²) in [6, 6.07) is 7.62. The molecule has 1 N–H and O–H groups in total. The van der Waals surface area contributed by atoms with Crippen molar-refractivity contribution in [2.45, 2.75) is 17.8 Å². The van der Waals surface area contributed by atoms with Crippen molar-refractivity contribution in [3.05, 3.63) is 58.1 Å². The zero-order valence-electron chi connectivity index (χ0n) is 13.7. The molecule has 0 fully saturated rings. The van der Waals surface area contributed by atoms with Crippen LogP contribution in [0.25, 0.3) is 0 Å². The predicted molar refractivity (Wildman–Crippen MR) is 86.8 cm³/mol. The molecule has 0 saturated carbocycles. The summed E-state index contributed by atoms with van der Waals surface area (Å²) in [7, 11) is -2.93. The van der Waals surface area contributed by atoms with Gasteiger partial charge in [-0.05, 0) is 23.8 Å². The molecular formula is C15H13F3N2O6S. The molecule has 146 valence electrons. The molecule has 27 heavy (non-hydrogen) atoms. The van der Waals surface area contributed by atoms with Crippen molar-refractivity contribution in [3.63, 3.8) is 0 Å². The predicted octanol–water partition coefficient (Wildman–Crippen LogP) is 2.98. The van der Waals surface area contributed by atoms with Crippen LogP contribution in [0, 0.1) is 10.1 Å². The second kappa shape index (κ2) is 7.80. The van der Waals surface area contributed by atoms with Crippen LogP contribution in [0.3, 0.4) is 0 Å². The number of nitrogens with zero attached hydrogens (tertiary/aromatic N) is 1. The standard InChI is InChI=1S/C15H13F3N2O6S/c1-25-13-8-11(20(21)22)4-7-14(13)27(23,24)19-9-10-2-5-12(6-3-10)26-15(16,17)18/h2-8,19H,9H2,1H3. The summed E-state index contributed by atoms with van der Waals surface area (Å²) in [6.07, 6.45) is -4.82. The third-order valence-corrected chi connectivity index (χ3v) is 4.71. The molecule has 0 amide bonds. The summed E-state index contributed by atoms with van der Waals surface area (Å²) in [5.41, 5.74) is 0.0278. The SMILES string of the molecule is COc1cc([N+](=O)[O-])ccc1S(=O)(=O)NCc1ccc(OC(F)(F)F)cc1. The normalized spacial score (nSPS) is 11.9. The van der Waals surface area contributed by atoms with E-state index in [9.17, 15) is 31.7 Å². The molecule has 0 aliphatic carbocycles. The number of hydrogen-bond acceptors (Lipinski definition) is 6. The van der Waals surface area contributed by atoms with E-state index < -0.39 is 27.1 Å². The Morgan fingerprint density at radius 3 is 2.30 bits per heavy atom. The van der Waals surface area contributed by atoms with Crippen molar-refractivity contribution < 1.29 is 36.0 Å². The Hall–Kier alpha value is -2.86. The first kappa shape index (κ1) is 20.5. The van der Waals surface area contributed by atoms with E-state index in [1.165, 1.54) is 12.1 Å². The van der Waals surface area contributed by atoms with Gasteiger partial charge in [0.15, 0.2) is 0 Å². The van der Waals surface area contributed by atoms with Crippen LogP contribution < -0.4 is 14.2 Å². The molecule has 2 aromatic rings. The van der Waals surface area contributed by atoms with Crippen LogP contribution in [-0.4, -0.2) is 26.8 Å². The lowest BCUT2D eigenvalue weighted by Gasteiger charge is -2.11. The number of sulfonamides is 1. The van der Waals surface area contributed by atoms with Gasteiger partial charge in [0.25, 0.3) is 5.69 Å². The van der Waals surface area contributed by atoms with Crippen LogP contribution in [0.4, 0.5) is 18.9 Å². The maximum absolute atomic E-state index is 12.4. The Kier molecular flexibility index (Phi) is 5.91. The Morgan fingerprint density at radius 1 is 1.15 bits per heavy atom. The highest BCUT2D eigenvalue weighted by Crippen LogP contribution is 2.28. The van der Waals surface area contributed by atoms with Crippen molar-refractivity contribution in [1.29, 1.82) is 0 Å². The number of nitro benzene ring substituents is 1. The molecule has 8 nitrogen and oxygen atoms in total. The Balaban J connectivity index is 2.14. The maximum Gasteiger partial charge on any atom is 0.573 e. The van der Waals surface area contributed by atoms with Gasteiger partial charge in [-0.2, -0.15) is 0 Å². The van der Waals surface area contributed by atoms with E-state index in [0.717, 1.165) is 37.4 Å². The average Bonchev–Trinajstić information content (AvgIpc) is 2.59. The number of alkyl halides is 3. The maximum atomic E-state index is 12.4. The lowest BCUT2D eigenvalue weighted by atomic mass is 10.2. The van der Waals surface area contributed by atoms with E-state index in [0.29, 0.717) is 5.56 Å². The van der Waals surface area contributed by atoms with Crippen LogP contribution in [-0.2, 0) is 16.6 Å². The fraction of sp³-hybridized carbons (Fsp3) is 0.200. The fourth-order valence-electron chi connectivity index (χ4n) is 2.06. The first-order valence-corrected chi connectivity index (χ1v) is 8.67. The molecule has 0 heterocycles. The molecule has 0 spiro atoms. The minimum Gasteiger partial charge on any atom is -0.495 e. The fourth-order valence-corrected chi connectivity index (χ4v) is 3.22. The molecule has 0 aromatic heterocycles. The highest BCUT2D eigenvalue weighted by Gasteiger charge is 2.31. The van der Waals surface area contributed by atoms with Gasteiger partial charge in [0.05, 0.1) is 18.1 Å². The highest BCUT2D eigenvalue weighted by atomic mass is 32.2. The van der Waals surface area contributed by atoms with Gasteiger partial charge < -0.3 is 9.47 Å². The van der Waals surface area contributed by atoms with E-state index in [1.807, 2.05) is 0 Å². The van der Waals surface area contributed by atoms with Gasteiger partial charge in [-0.1, -0.05) is 12.1 Å². The summed E-state index contributed by atoms with van der Waals surface area (Å²) in [5.74, 6) is -0.656. The first-order chi connectivity index (χ1) is 12.5. The summed E-state index contributed by atoms with van der Waals surface area (Å²) >= 11 is 0. The average molecular weight is 406 g/mol. The summed E-state index contributed by atoms with van der Waals surface area (Å²) in [6.45, 7) is -0.227. The van der Waals surface area contributed by atoms with Crippen LogP contribution in [0.15, 0.2) is 47.4 Å². The second-order valence-electron chi connectivity index (χ2n) is 5.11. The molecule has 2 aromatic carbocycles.